The quantitative estimate of drug-likeness (QED) is 0.606. The fourth-order valence-electron chi connectivity index (χ4n) is 1.78. The Bertz CT molecular complexity index is 633. The van der Waals surface area contributed by atoms with E-state index in [1.807, 2.05) is 23.6 Å². The van der Waals surface area contributed by atoms with E-state index in [0.29, 0.717) is 17.9 Å². The molecule has 2 rings (SSSR count). The zero-order chi connectivity index (χ0) is 14.4. The van der Waals surface area contributed by atoms with Crippen LogP contribution in [0.25, 0.3) is 0 Å². The molecule has 2 aromatic rings. The molecular formula is C14H14N2O3S. The monoisotopic (exact) mass is 290 g/mol. The SMILES string of the molecule is COc1ccc(Cc2nc(CN=C=O)cs2)cc1OC. The Morgan fingerprint density at radius 2 is 2.10 bits per heavy atom. The fourth-order valence-corrected chi connectivity index (χ4v) is 2.60. The normalized spacial score (nSPS) is 9.90. The van der Waals surface area contributed by atoms with Gasteiger partial charge < -0.3 is 9.47 Å². The number of methoxy groups -OCH3 is 2. The summed E-state index contributed by atoms with van der Waals surface area (Å²) < 4.78 is 10.5. The number of nitrogens with zero attached hydrogens (tertiary/aromatic N) is 2. The van der Waals surface area contributed by atoms with Gasteiger partial charge in [0.2, 0.25) is 6.08 Å². The Morgan fingerprint density at radius 3 is 2.80 bits per heavy atom. The van der Waals surface area contributed by atoms with Crippen molar-refractivity contribution in [3.05, 3.63) is 39.8 Å². The molecular weight excluding hydrogens is 276 g/mol. The third kappa shape index (κ3) is 3.44. The topological polar surface area (TPSA) is 60.8 Å². The molecule has 5 nitrogen and oxygen atoms in total. The molecule has 0 fully saturated rings. The van der Waals surface area contributed by atoms with E-state index in [2.05, 4.69) is 9.98 Å². The van der Waals surface area contributed by atoms with E-state index >= 15 is 0 Å². The van der Waals surface area contributed by atoms with Crippen molar-refractivity contribution >= 4 is 17.4 Å². The van der Waals surface area contributed by atoms with Crippen molar-refractivity contribution in [3.63, 3.8) is 0 Å². The molecule has 1 aromatic carbocycles. The Morgan fingerprint density at radius 1 is 1.30 bits per heavy atom. The highest BCUT2D eigenvalue weighted by Crippen LogP contribution is 2.28. The van der Waals surface area contributed by atoms with Crippen LogP contribution < -0.4 is 9.47 Å². The van der Waals surface area contributed by atoms with Gasteiger partial charge in [-0.25, -0.2) is 9.78 Å². The van der Waals surface area contributed by atoms with Crippen LogP contribution in [-0.4, -0.2) is 25.3 Å². The number of isocyanates is 1. The number of hydrogen-bond acceptors (Lipinski definition) is 6. The first-order chi connectivity index (χ1) is 9.76. The Kier molecular flexibility index (Phi) is 4.87. The summed E-state index contributed by atoms with van der Waals surface area (Å²) in [6.45, 7) is 0.284. The predicted molar refractivity (Wildman–Crippen MR) is 76.3 cm³/mol. The first-order valence-corrected chi connectivity index (χ1v) is 6.82. The maximum atomic E-state index is 10.1. The van der Waals surface area contributed by atoms with Gasteiger partial charge in [-0.1, -0.05) is 6.07 Å². The van der Waals surface area contributed by atoms with Gasteiger partial charge in [-0.2, -0.15) is 4.99 Å². The number of aromatic nitrogens is 1. The molecule has 1 aromatic heterocycles. The van der Waals surface area contributed by atoms with E-state index < -0.39 is 0 Å². The number of benzene rings is 1. The molecule has 104 valence electrons. The van der Waals surface area contributed by atoms with Crippen LogP contribution in [-0.2, 0) is 17.8 Å². The molecule has 0 N–H and O–H groups in total. The standard InChI is InChI=1S/C14H14N2O3S/c1-18-12-4-3-10(5-13(12)19-2)6-14-16-11(8-20-14)7-15-9-17/h3-5,8H,6-7H2,1-2H3. The summed E-state index contributed by atoms with van der Waals surface area (Å²) in [4.78, 5) is 18.0. The molecule has 0 aliphatic carbocycles. The molecule has 0 aliphatic heterocycles. The van der Waals surface area contributed by atoms with Gasteiger partial charge in [0, 0.05) is 11.8 Å². The van der Waals surface area contributed by atoms with Crippen LogP contribution in [0.2, 0.25) is 0 Å². The highest BCUT2D eigenvalue weighted by Gasteiger charge is 2.07. The zero-order valence-corrected chi connectivity index (χ0v) is 12.1. The van der Waals surface area contributed by atoms with E-state index in [-0.39, 0.29) is 6.54 Å². The van der Waals surface area contributed by atoms with E-state index in [9.17, 15) is 4.79 Å². The van der Waals surface area contributed by atoms with Gasteiger partial charge >= 0.3 is 0 Å². The lowest BCUT2D eigenvalue weighted by Gasteiger charge is -2.08. The van der Waals surface area contributed by atoms with E-state index in [1.54, 1.807) is 25.6 Å². The molecule has 0 saturated carbocycles. The molecule has 0 spiro atoms. The van der Waals surface area contributed by atoms with Crippen molar-refractivity contribution < 1.29 is 14.3 Å². The average molecular weight is 290 g/mol. The summed E-state index contributed by atoms with van der Waals surface area (Å²) in [6, 6.07) is 5.79. The average Bonchev–Trinajstić information content (AvgIpc) is 2.92. The van der Waals surface area contributed by atoms with Crippen LogP contribution in [0.1, 0.15) is 16.3 Å². The second-order valence-corrected chi connectivity index (χ2v) is 4.95. The first-order valence-electron chi connectivity index (χ1n) is 5.94. The largest absolute Gasteiger partial charge is 0.493 e. The summed E-state index contributed by atoms with van der Waals surface area (Å²) in [5, 5.41) is 2.87. The van der Waals surface area contributed by atoms with E-state index in [0.717, 1.165) is 16.3 Å². The van der Waals surface area contributed by atoms with Crippen molar-refractivity contribution in [3.8, 4) is 11.5 Å². The number of thiazole rings is 1. The summed E-state index contributed by atoms with van der Waals surface area (Å²) in [5.74, 6) is 1.41. The molecule has 20 heavy (non-hydrogen) atoms. The molecule has 0 saturated heterocycles. The lowest BCUT2D eigenvalue weighted by molar-refractivity contribution is 0.354. The summed E-state index contributed by atoms with van der Waals surface area (Å²) in [6.07, 6.45) is 2.22. The van der Waals surface area contributed by atoms with Crippen LogP contribution >= 0.6 is 11.3 Å². The van der Waals surface area contributed by atoms with Gasteiger partial charge in [0.1, 0.15) is 0 Å². The lowest BCUT2D eigenvalue weighted by atomic mass is 10.1. The maximum Gasteiger partial charge on any atom is 0.235 e. The summed E-state index contributed by atoms with van der Waals surface area (Å²) in [5.41, 5.74) is 1.87. The number of hydrogen-bond donors (Lipinski definition) is 0. The van der Waals surface area contributed by atoms with Crippen LogP contribution in [0.15, 0.2) is 28.6 Å². The molecule has 0 amide bonds. The van der Waals surface area contributed by atoms with E-state index in [4.69, 9.17) is 9.47 Å². The van der Waals surface area contributed by atoms with Crippen molar-refractivity contribution in [1.29, 1.82) is 0 Å². The fraction of sp³-hybridized carbons (Fsp3) is 0.286. The Balaban J connectivity index is 2.13. The van der Waals surface area contributed by atoms with Gasteiger partial charge in [-0.3, -0.25) is 0 Å². The van der Waals surface area contributed by atoms with Crippen LogP contribution in [0.3, 0.4) is 0 Å². The highest BCUT2D eigenvalue weighted by atomic mass is 32.1. The number of carbonyl (C=O) groups excluding carboxylic acids is 1. The molecule has 6 heteroatoms. The third-order valence-electron chi connectivity index (χ3n) is 2.71. The van der Waals surface area contributed by atoms with Crippen LogP contribution in [0.4, 0.5) is 0 Å². The van der Waals surface area contributed by atoms with Gasteiger partial charge in [0.25, 0.3) is 0 Å². The summed E-state index contributed by atoms with van der Waals surface area (Å²) in [7, 11) is 3.22. The van der Waals surface area contributed by atoms with Crippen LogP contribution in [0, 0.1) is 0 Å². The Labute approximate surface area is 120 Å². The highest BCUT2D eigenvalue weighted by molar-refractivity contribution is 7.09. The van der Waals surface area contributed by atoms with Gasteiger partial charge in [-0.05, 0) is 17.7 Å². The molecule has 0 unspecified atom stereocenters. The van der Waals surface area contributed by atoms with Crippen molar-refractivity contribution in [2.75, 3.05) is 14.2 Å². The molecule has 1 heterocycles. The zero-order valence-electron chi connectivity index (χ0n) is 11.3. The minimum Gasteiger partial charge on any atom is -0.493 e. The predicted octanol–water partition coefficient (Wildman–Crippen LogP) is 2.59. The second kappa shape index (κ2) is 6.84. The molecule has 0 radical (unpaired) electrons. The van der Waals surface area contributed by atoms with Crippen LogP contribution in [0.5, 0.6) is 11.5 Å². The second-order valence-electron chi connectivity index (χ2n) is 4.01. The molecule has 0 atom stereocenters. The smallest absolute Gasteiger partial charge is 0.235 e. The minimum absolute atomic E-state index is 0.284. The van der Waals surface area contributed by atoms with Crippen molar-refractivity contribution in [2.24, 2.45) is 4.99 Å². The van der Waals surface area contributed by atoms with Crippen molar-refractivity contribution in [2.45, 2.75) is 13.0 Å². The lowest BCUT2D eigenvalue weighted by Crippen LogP contribution is -1.94. The number of aliphatic imine (C=N–C) groups is 1. The molecule has 0 bridgehead atoms. The Hall–Kier alpha value is -2.17. The number of ether oxygens (including phenoxy) is 2. The third-order valence-corrected chi connectivity index (χ3v) is 3.61. The van der Waals surface area contributed by atoms with Crippen molar-refractivity contribution in [1.82, 2.24) is 4.98 Å². The number of rotatable bonds is 6. The minimum atomic E-state index is 0.284. The van der Waals surface area contributed by atoms with Gasteiger partial charge in [-0.15, -0.1) is 11.3 Å². The molecule has 0 aliphatic rings. The van der Waals surface area contributed by atoms with Gasteiger partial charge in [0.05, 0.1) is 31.5 Å². The summed E-state index contributed by atoms with van der Waals surface area (Å²) >= 11 is 1.55. The first kappa shape index (κ1) is 14.2. The van der Waals surface area contributed by atoms with Gasteiger partial charge in [0.15, 0.2) is 11.5 Å². The van der Waals surface area contributed by atoms with E-state index in [1.165, 1.54) is 6.08 Å². The maximum absolute atomic E-state index is 10.1.